The first kappa shape index (κ1) is 22.6. The summed E-state index contributed by atoms with van der Waals surface area (Å²) in [6.45, 7) is 16.1. The standard InChI is InChI=1S/C10H15.C4H6O2.2CH3O.Ti/c1-7-6-10(4,5)9(3)8(7)2;1-3(2)4(5)6;2*1-2;/h1-5H3;1H2,2H3,(H,5,6);2*1H3;/q;;2*-1;+3/p-1. The first-order valence-corrected chi connectivity index (χ1v) is 7.95. The number of hydrogen-bond donors (Lipinski definition) is 0. The first-order valence-electron chi connectivity index (χ1n) is 6.53. The zero-order valence-corrected chi connectivity index (χ0v) is 15.9. The van der Waals surface area contributed by atoms with Gasteiger partial charge < -0.3 is 10.2 Å². The van der Waals surface area contributed by atoms with E-state index >= 15 is 0 Å². The summed E-state index contributed by atoms with van der Waals surface area (Å²) in [5.74, 6) is -0.261. The average molecular weight is 330 g/mol. The van der Waals surface area contributed by atoms with Gasteiger partial charge in [-0.25, -0.2) is 0 Å². The summed E-state index contributed by atoms with van der Waals surface area (Å²) < 4.78 is 6.71. The van der Waals surface area contributed by atoms with Gasteiger partial charge in [0.15, 0.2) is 0 Å². The monoisotopic (exact) mass is 330 g/mol. The van der Waals surface area contributed by atoms with Crippen molar-refractivity contribution in [3.05, 3.63) is 32.7 Å². The van der Waals surface area contributed by atoms with E-state index in [9.17, 15) is 4.79 Å². The molecule has 0 bridgehead atoms. The minimum absolute atomic E-state index is 0.0452. The van der Waals surface area contributed by atoms with Crippen LogP contribution in [0.5, 0.6) is 0 Å². The van der Waals surface area contributed by atoms with Crippen LogP contribution in [0.2, 0.25) is 0 Å². The van der Waals surface area contributed by atoms with Crippen LogP contribution >= 0.6 is 0 Å². The summed E-state index contributed by atoms with van der Waals surface area (Å²) in [7, 11) is 1.50. The number of carbonyl (C=O) groups excluding carboxylic acids is 1. The van der Waals surface area contributed by atoms with Crippen LogP contribution in [-0.2, 0) is 27.7 Å². The molecule has 0 fully saturated rings. The van der Waals surface area contributed by atoms with E-state index in [2.05, 4.69) is 41.2 Å². The first-order chi connectivity index (χ1) is 9.69. The Morgan fingerprint density at radius 3 is 1.81 bits per heavy atom. The van der Waals surface area contributed by atoms with Crippen LogP contribution in [0.25, 0.3) is 0 Å². The van der Waals surface area contributed by atoms with Crippen molar-refractivity contribution in [3.8, 4) is 0 Å². The van der Waals surface area contributed by atoms with Crippen molar-refractivity contribution in [2.24, 2.45) is 5.41 Å². The minimum atomic E-state index is -0.855. The van der Waals surface area contributed by atoms with E-state index in [1.165, 1.54) is 20.6 Å². The molecule has 0 heterocycles. The van der Waals surface area contributed by atoms with E-state index in [-0.39, 0.29) is 11.4 Å². The fraction of sp³-hybridized carbons (Fsp3) is 0.562. The van der Waals surface area contributed by atoms with E-state index in [0.717, 1.165) is 14.2 Å². The van der Waals surface area contributed by atoms with Crippen molar-refractivity contribution in [1.82, 2.24) is 0 Å². The van der Waals surface area contributed by atoms with Gasteiger partial charge in [0.05, 0.1) is 0 Å². The van der Waals surface area contributed by atoms with Gasteiger partial charge in [-0.3, -0.25) is 0 Å². The Balaban J connectivity index is 0. The summed E-state index contributed by atoms with van der Waals surface area (Å²) in [6, 6.07) is 0. The summed E-state index contributed by atoms with van der Waals surface area (Å²) in [5.41, 5.74) is 4.57. The molecule has 0 radical (unpaired) electrons. The normalized spacial score (nSPS) is 15.3. The molecule has 0 saturated heterocycles. The summed E-state index contributed by atoms with van der Waals surface area (Å²) >= 11 is -0.855. The second-order valence-corrected chi connectivity index (χ2v) is 6.57. The number of hydrogen-bond acceptors (Lipinski definition) is 4. The molecule has 0 amide bonds. The molecule has 1 aliphatic carbocycles. The van der Waals surface area contributed by atoms with Gasteiger partial charge >= 0.3 is 113 Å². The molecule has 0 spiro atoms. The van der Waals surface area contributed by atoms with Gasteiger partial charge in [-0.1, -0.05) is 0 Å². The molecule has 118 valence electrons. The molecule has 1 aliphatic rings. The Bertz CT molecular complexity index is 445. The van der Waals surface area contributed by atoms with Crippen LogP contribution in [-0.4, -0.2) is 20.2 Å². The third-order valence-electron chi connectivity index (χ3n) is 3.66. The summed E-state index contributed by atoms with van der Waals surface area (Å²) in [5, 5.41) is 16.5. The molecular formula is C16H26O4Ti. The molecule has 0 saturated carbocycles. The Labute approximate surface area is 138 Å². The second kappa shape index (κ2) is 10.1. The van der Waals surface area contributed by atoms with Crippen molar-refractivity contribution < 1.29 is 37.9 Å². The van der Waals surface area contributed by atoms with Crippen LogP contribution in [0.15, 0.2) is 32.7 Å². The maximum absolute atomic E-state index is 11.5. The van der Waals surface area contributed by atoms with Crippen molar-refractivity contribution in [2.75, 3.05) is 14.2 Å². The topological polar surface area (TPSA) is 72.4 Å². The molecule has 0 aliphatic heterocycles. The maximum atomic E-state index is 11.5. The van der Waals surface area contributed by atoms with Gasteiger partial charge in [0.2, 0.25) is 0 Å². The fourth-order valence-electron chi connectivity index (χ4n) is 1.98. The average Bonchev–Trinajstić information content (AvgIpc) is 2.62. The van der Waals surface area contributed by atoms with E-state index in [1.54, 1.807) is 6.92 Å². The zero-order valence-electron chi connectivity index (χ0n) is 14.3. The van der Waals surface area contributed by atoms with Crippen LogP contribution < -0.4 is 10.2 Å². The van der Waals surface area contributed by atoms with Crippen molar-refractivity contribution >= 4 is 5.97 Å². The Hall–Kier alpha value is -0.676. The van der Waals surface area contributed by atoms with Gasteiger partial charge in [0.25, 0.3) is 0 Å². The molecule has 0 N–H and O–H groups in total. The largest absolute Gasteiger partial charge is 0.857 e. The fourth-order valence-corrected chi connectivity index (χ4v) is 3.78. The SMILES string of the molecule is C=C(C)C(=O)[O][Ti+2][C]1=C(C)C(C)=C(C)C1(C)C.C[O-].C[O-]. The molecule has 0 aromatic carbocycles. The van der Waals surface area contributed by atoms with Crippen molar-refractivity contribution in [3.63, 3.8) is 0 Å². The molecule has 5 heteroatoms. The number of allylic oxidation sites excluding steroid dienone is 4. The van der Waals surface area contributed by atoms with Crippen molar-refractivity contribution in [2.45, 2.75) is 41.5 Å². The summed E-state index contributed by atoms with van der Waals surface area (Å²) in [4.78, 5) is 11.5. The van der Waals surface area contributed by atoms with E-state index in [4.69, 9.17) is 13.5 Å². The molecule has 0 aromatic heterocycles. The molecule has 21 heavy (non-hydrogen) atoms. The summed E-state index contributed by atoms with van der Waals surface area (Å²) in [6.07, 6.45) is 0. The molecular weight excluding hydrogens is 304 g/mol. The zero-order chi connectivity index (χ0) is 17.4. The third-order valence-corrected chi connectivity index (χ3v) is 5.99. The van der Waals surface area contributed by atoms with E-state index in [0.29, 0.717) is 5.57 Å². The van der Waals surface area contributed by atoms with Crippen molar-refractivity contribution in [1.29, 1.82) is 0 Å². The molecule has 0 atom stereocenters. The van der Waals surface area contributed by atoms with E-state index < -0.39 is 19.5 Å². The molecule has 4 nitrogen and oxygen atoms in total. The Morgan fingerprint density at radius 2 is 1.52 bits per heavy atom. The van der Waals surface area contributed by atoms with Crippen LogP contribution in [0, 0.1) is 5.41 Å². The van der Waals surface area contributed by atoms with Crippen LogP contribution in [0.4, 0.5) is 0 Å². The smallest absolute Gasteiger partial charge is 0.153 e. The third kappa shape index (κ3) is 5.55. The molecule has 0 unspecified atom stereocenters. The Morgan fingerprint density at radius 1 is 1.10 bits per heavy atom. The second-order valence-electron chi connectivity index (χ2n) is 5.15. The molecule has 0 aromatic rings. The van der Waals surface area contributed by atoms with Crippen LogP contribution in [0.3, 0.4) is 0 Å². The predicted octanol–water partition coefficient (Wildman–Crippen LogP) is 1.71. The predicted molar refractivity (Wildman–Crippen MR) is 77.6 cm³/mol. The quantitative estimate of drug-likeness (QED) is 0.583. The van der Waals surface area contributed by atoms with Gasteiger partial charge in [-0.2, -0.15) is 14.2 Å². The maximum Gasteiger partial charge on any atom is -0.153 e. The van der Waals surface area contributed by atoms with E-state index in [1.807, 2.05) is 0 Å². The van der Waals surface area contributed by atoms with Gasteiger partial charge in [-0.15, -0.1) is 0 Å². The van der Waals surface area contributed by atoms with Gasteiger partial charge in [0, 0.05) is 0 Å². The Kier molecular flexibility index (Phi) is 10.9. The minimum Gasteiger partial charge on any atom is -0.857 e. The number of carbonyl (C=O) groups is 1. The van der Waals surface area contributed by atoms with Crippen LogP contribution in [0.1, 0.15) is 41.5 Å². The van der Waals surface area contributed by atoms with Gasteiger partial charge in [0.1, 0.15) is 0 Å². The van der Waals surface area contributed by atoms with Gasteiger partial charge in [-0.05, 0) is 0 Å². The molecule has 1 rings (SSSR count). The number of rotatable bonds is 3.